The van der Waals surface area contributed by atoms with Crippen LogP contribution in [0.4, 0.5) is 0 Å². The van der Waals surface area contributed by atoms with Gasteiger partial charge in [-0.2, -0.15) is 5.10 Å². The molecular formula is C16H30IN5. The molecule has 1 aliphatic carbocycles. The fourth-order valence-electron chi connectivity index (χ4n) is 3.33. The second kappa shape index (κ2) is 9.37. The Morgan fingerprint density at radius 2 is 2.00 bits per heavy atom. The van der Waals surface area contributed by atoms with E-state index < -0.39 is 0 Å². The third-order valence-electron chi connectivity index (χ3n) is 4.14. The second-order valence-electron chi connectivity index (χ2n) is 6.54. The molecule has 2 N–H and O–H groups in total. The van der Waals surface area contributed by atoms with E-state index >= 15 is 0 Å². The molecule has 126 valence electrons. The first kappa shape index (κ1) is 19.3. The standard InChI is InChI=1S/C16H29N5.HI/c1-12-7-13(2)9-15(8-12)20-16(17-4)18-5-6-21-11-14(3)10-19-21;/h10-13,15H,5-9H2,1-4H3,(H2,17,18,20);1H. The SMILES string of the molecule is CN=C(NCCn1cc(C)cn1)NC1CC(C)CC(C)C1.I. The van der Waals surface area contributed by atoms with Gasteiger partial charge in [-0.25, -0.2) is 0 Å². The highest BCUT2D eigenvalue weighted by Gasteiger charge is 2.24. The highest BCUT2D eigenvalue weighted by Crippen LogP contribution is 2.28. The molecule has 0 amide bonds. The van der Waals surface area contributed by atoms with Gasteiger partial charge in [0.1, 0.15) is 0 Å². The first-order chi connectivity index (χ1) is 10.1. The number of nitrogens with zero attached hydrogens (tertiary/aromatic N) is 3. The van der Waals surface area contributed by atoms with E-state index in [4.69, 9.17) is 0 Å². The van der Waals surface area contributed by atoms with Gasteiger partial charge in [0.05, 0.1) is 12.7 Å². The molecule has 0 radical (unpaired) electrons. The zero-order valence-corrected chi connectivity index (χ0v) is 16.5. The highest BCUT2D eigenvalue weighted by molar-refractivity contribution is 14.0. The summed E-state index contributed by atoms with van der Waals surface area (Å²) in [5.41, 5.74) is 1.20. The molecule has 1 saturated carbocycles. The third-order valence-corrected chi connectivity index (χ3v) is 4.14. The van der Waals surface area contributed by atoms with Crippen molar-refractivity contribution in [2.45, 2.75) is 52.6 Å². The van der Waals surface area contributed by atoms with E-state index in [0.29, 0.717) is 6.04 Å². The number of halogens is 1. The lowest BCUT2D eigenvalue weighted by atomic mass is 9.80. The lowest BCUT2D eigenvalue weighted by molar-refractivity contribution is 0.255. The fourth-order valence-corrected chi connectivity index (χ4v) is 3.33. The minimum absolute atomic E-state index is 0. The molecule has 0 aromatic carbocycles. The summed E-state index contributed by atoms with van der Waals surface area (Å²) in [7, 11) is 1.84. The largest absolute Gasteiger partial charge is 0.355 e. The smallest absolute Gasteiger partial charge is 0.191 e. The van der Waals surface area contributed by atoms with Crippen molar-refractivity contribution in [3.05, 3.63) is 18.0 Å². The molecule has 6 heteroatoms. The number of aliphatic imine (C=N–C) groups is 1. The summed E-state index contributed by atoms with van der Waals surface area (Å²) in [4.78, 5) is 4.33. The van der Waals surface area contributed by atoms with Crippen LogP contribution in [0.15, 0.2) is 17.4 Å². The maximum atomic E-state index is 4.33. The van der Waals surface area contributed by atoms with Crippen molar-refractivity contribution < 1.29 is 0 Å². The second-order valence-corrected chi connectivity index (χ2v) is 6.54. The van der Waals surface area contributed by atoms with Gasteiger partial charge >= 0.3 is 0 Å². The zero-order chi connectivity index (χ0) is 15.2. The van der Waals surface area contributed by atoms with Gasteiger partial charge in [0.2, 0.25) is 0 Å². The highest BCUT2D eigenvalue weighted by atomic mass is 127. The molecule has 1 fully saturated rings. The predicted molar refractivity (Wildman–Crippen MR) is 103 cm³/mol. The van der Waals surface area contributed by atoms with Crippen molar-refractivity contribution in [1.82, 2.24) is 20.4 Å². The van der Waals surface area contributed by atoms with E-state index in [-0.39, 0.29) is 24.0 Å². The minimum atomic E-state index is 0. The number of aromatic nitrogens is 2. The quantitative estimate of drug-likeness (QED) is 0.449. The molecule has 2 atom stereocenters. The number of aryl methyl sites for hydroxylation is 1. The first-order valence-corrected chi connectivity index (χ1v) is 8.03. The van der Waals surface area contributed by atoms with Gasteiger partial charge in [-0.15, -0.1) is 24.0 Å². The Morgan fingerprint density at radius 1 is 1.32 bits per heavy atom. The number of hydrogen-bond donors (Lipinski definition) is 2. The first-order valence-electron chi connectivity index (χ1n) is 8.03. The molecule has 0 aliphatic heterocycles. The Hall–Kier alpha value is -0.790. The topological polar surface area (TPSA) is 54.2 Å². The van der Waals surface area contributed by atoms with E-state index in [0.717, 1.165) is 30.9 Å². The van der Waals surface area contributed by atoms with Crippen LogP contribution in [0.3, 0.4) is 0 Å². The van der Waals surface area contributed by atoms with Crippen LogP contribution >= 0.6 is 24.0 Å². The minimum Gasteiger partial charge on any atom is -0.355 e. The van der Waals surface area contributed by atoms with Gasteiger partial charge in [-0.1, -0.05) is 13.8 Å². The van der Waals surface area contributed by atoms with E-state index in [2.05, 4.69) is 47.7 Å². The summed E-state index contributed by atoms with van der Waals surface area (Å²) in [6.45, 7) is 8.44. The summed E-state index contributed by atoms with van der Waals surface area (Å²) >= 11 is 0. The van der Waals surface area contributed by atoms with E-state index in [1.807, 2.05) is 17.9 Å². The van der Waals surface area contributed by atoms with E-state index in [9.17, 15) is 0 Å². The average Bonchev–Trinajstić information content (AvgIpc) is 2.82. The van der Waals surface area contributed by atoms with Crippen LogP contribution in [0.1, 0.15) is 38.7 Å². The van der Waals surface area contributed by atoms with Crippen LogP contribution in [0.2, 0.25) is 0 Å². The molecular weight excluding hydrogens is 389 g/mol. The van der Waals surface area contributed by atoms with Crippen molar-refractivity contribution in [1.29, 1.82) is 0 Å². The van der Waals surface area contributed by atoms with Gasteiger partial charge in [0, 0.05) is 25.8 Å². The van der Waals surface area contributed by atoms with Gasteiger partial charge in [-0.05, 0) is 43.6 Å². The molecule has 5 nitrogen and oxygen atoms in total. The number of hydrogen-bond acceptors (Lipinski definition) is 2. The van der Waals surface area contributed by atoms with Gasteiger partial charge in [0.25, 0.3) is 0 Å². The zero-order valence-electron chi connectivity index (χ0n) is 14.2. The van der Waals surface area contributed by atoms with Crippen molar-refractivity contribution >= 4 is 29.9 Å². The third kappa shape index (κ3) is 6.14. The molecule has 0 bridgehead atoms. The van der Waals surface area contributed by atoms with Gasteiger partial charge in [0.15, 0.2) is 5.96 Å². The Morgan fingerprint density at radius 3 is 2.55 bits per heavy atom. The van der Waals surface area contributed by atoms with Crippen LogP contribution < -0.4 is 10.6 Å². The Balaban J connectivity index is 0.00000242. The van der Waals surface area contributed by atoms with Crippen LogP contribution in [0.5, 0.6) is 0 Å². The van der Waals surface area contributed by atoms with Crippen LogP contribution in [-0.4, -0.2) is 35.4 Å². The Labute approximate surface area is 151 Å². The predicted octanol–water partition coefficient (Wildman–Crippen LogP) is 2.80. The lowest BCUT2D eigenvalue weighted by Crippen LogP contribution is -2.46. The van der Waals surface area contributed by atoms with Gasteiger partial charge < -0.3 is 10.6 Å². The van der Waals surface area contributed by atoms with Crippen molar-refractivity contribution in [3.8, 4) is 0 Å². The summed E-state index contributed by atoms with van der Waals surface area (Å²) in [5.74, 6) is 2.51. The molecule has 1 aromatic rings. The number of nitrogens with one attached hydrogen (secondary N) is 2. The molecule has 2 rings (SSSR count). The summed E-state index contributed by atoms with van der Waals surface area (Å²) in [5, 5.41) is 11.2. The van der Waals surface area contributed by atoms with Crippen molar-refractivity contribution in [2.75, 3.05) is 13.6 Å². The molecule has 1 aromatic heterocycles. The van der Waals surface area contributed by atoms with Crippen molar-refractivity contribution in [2.24, 2.45) is 16.8 Å². The molecule has 1 aliphatic rings. The van der Waals surface area contributed by atoms with Crippen LogP contribution in [0.25, 0.3) is 0 Å². The van der Waals surface area contributed by atoms with Crippen LogP contribution in [0, 0.1) is 18.8 Å². The lowest BCUT2D eigenvalue weighted by Gasteiger charge is -2.32. The van der Waals surface area contributed by atoms with E-state index in [1.165, 1.54) is 24.8 Å². The normalized spacial score (nSPS) is 25.5. The monoisotopic (exact) mass is 419 g/mol. The molecule has 0 saturated heterocycles. The molecule has 0 spiro atoms. The Bertz CT molecular complexity index is 461. The summed E-state index contributed by atoms with van der Waals surface area (Å²) in [6.07, 6.45) is 7.77. The molecule has 1 heterocycles. The Kier molecular flexibility index (Phi) is 8.20. The average molecular weight is 419 g/mol. The number of rotatable bonds is 4. The number of guanidine groups is 1. The summed E-state index contributed by atoms with van der Waals surface area (Å²) < 4.78 is 1.96. The van der Waals surface area contributed by atoms with Gasteiger partial charge in [-0.3, -0.25) is 9.67 Å². The van der Waals surface area contributed by atoms with Crippen molar-refractivity contribution in [3.63, 3.8) is 0 Å². The maximum absolute atomic E-state index is 4.33. The van der Waals surface area contributed by atoms with E-state index in [1.54, 1.807) is 0 Å². The molecule has 2 unspecified atom stereocenters. The maximum Gasteiger partial charge on any atom is 0.191 e. The fraction of sp³-hybridized carbons (Fsp3) is 0.750. The summed E-state index contributed by atoms with van der Waals surface area (Å²) in [6, 6.07) is 0.543. The molecule has 22 heavy (non-hydrogen) atoms. The van der Waals surface area contributed by atoms with Crippen LogP contribution in [-0.2, 0) is 6.54 Å².